The largest absolute Gasteiger partial charge is 0.467 e. The van der Waals surface area contributed by atoms with Crippen LogP contribution in [0.25, 0.3) is 0 Å². The Hall–Kier alpha value is -1.89. The summed E-state index contributed by atoms with van der Waals surface area (Å²) >= 11 is 1.45. The molecule has 1 aliphatic carbocycles. The predicted octanol–water partition coefficient (Wildman–Crippen LogP) is 2.73. The van der Waals surface area contributed by atoms with Crippen molar-refractivity contribution in [3.63, 3.8) is 0 Å². The summed E-state index contributed by atoms with van der Waals surface area (Å²) in [5.41, 5.74) is 1.22. The molecule has 144 valence electrons. The minimum Gasteiger partial charge on any atom is -0.467 e. The number of hydrogen-bond donors (Lipinski definition) is 1. The molecule has 0 aromatic carbocycles. The van der Waals surface area contributed by atoms with Crippen LogP contribution in [0.15, 0.2) is 6.07 Å². The zero-order valence-corrected chi connectivity index (χ0v) is 16.6. The van der Waals surface area contributed by atoms with E-state index in [0.29, 0.717) is 17.2 Å². The molecule has 0 saturated carbocycles. The highest BCUT2D eigenvalue weighted by Crippen LogP contribution is 2.32. The van der Waals surface area contributed by atoms with Gasteiger partial charge in [-0.25, -0.2) is 9.59 Å². The van der Waals surface area contributed by atoms with Crippen molar-refractivity contribution in [3.8, 4) is 0 Å². The highest BCUT2D eigenvalue weighted by molar-refractivity contribution is 7.14. The molecular formula is C19H27NO5S. The number of thiophene rings is 1. The lowest BCUT2D eigenvalue weighted by Crippen LogP contribution is -2.44. The van der Waals surface area contributed by atoms with Crippen molar-refractivity contribution >= 4 is 29.2 Å². The van der Waals surface area contributed by atoms with Crippen molar-refractivity contribution in [2.24, 2.45) is 11.8 Å². The first-order valence-corrected chi connectivity index (χ1v) is 9.77. The number of hydrogen-bond acceptors (Lipinski definition) is 6. The maximum Gasteiger partial charge on any atom is 0.348 e. The summed E-state index contributed by atoms with van der Waals surface area (Å²) in [5.74, 6) is -0.668. The van der Waals surface area contributed by atoms with Gasteiger partial charge in [0.2, 0.25) is 0 Å². The Bertz CT molecular complexity index is 667. The van der Waals surface area contributed by atoms with Gasteiger partial charge >= 0.3 is 11.9 Å². The van der Waals surface area contributed by atoms with Gasteiger partial charge in [0.15, 0.2) is 6.61 Å². The molecule has 1 heterocycles. The lowest BCUT2D eigenvalue weighted by atomic mass is 9.90. The first kappa shape index (κ1) is 20.4. The van der Waals surface area contributed by atoms with Crippen LogP contribution in [0.4, 0.5) is 0 Å². The smallest absolute Gasteiger partial charge is 0.348 e. The highest BCUT2D eigenvalue weighted by Gasteiger charge is 2.24. The van der Waals surface area contributed by atoms with Crippen LogP contribution in [0.5, 0.6) is 0 Å². The molecule has 0 fully saturated rings. The van der Waals surface area contributed by atoms with Crippen molar-refractivity contribution in [2.75, 3.05) is 13.7 Å². The molecule has 0 radical (unpaired) electrons. The monoisotopic (exact) mass is 381 g/mol. The van der Waals surface area contributed by atoms with Crippen LogP contribution < -0.4 is 5.32 Å². The standard InChI is InChI=1S/C19H27NO5S/c1-11(2)7-14(18(22)24-4)20-17(21)10-25-19(23)16-9-13-8-12(3)5-6-15(13)26-16/h9,11-12,14H,5-8,10H2,1-4H3,(H,20,21)/t12-,14+/m0/s1. The van der Waals surface area contributed by atoms with Gasteiger partial charge in [0.05, 0.1) is 7.11 Å². The third kappa shape index (κ3) is 5.56. The van der Waals surface area contributed by atoms with E-state index >= 15 is 0 Å². The molecule has 1 aliphatic rings. The molecule has 1 N–H and O–H groups in total. The average Bonchev–Trinajstić information content (AvgIpc) is 3.01. The van der Waals surface area contributed by atoms with Crippen LogP contribution in [0.1, 0.15) is 53.7 Å². The van der Waals surface area contributed by atoms with Gasteiger partial charge in [-0.2, -0.15) is 0 Å². The molecule has 0 spiro atoms. The zero-order chi connectivity index (χ0) is 19.3. The van der Waals surface area contributed by atoms with Crippen molar-refractivity contribution in [1.29, 1.82) is 0 Å². The van der Waals surface area contributed by atoms with Crippen LogP contribution >= 0.6 is 11.3 Å². The van der Waals surface area contributed by atoms with E-state index in [-0.39, 0.29) is 5.92 Å². The minimum absolute atomic E-state index is 0.210. The number of aryl methyl sites for hydroxylation is 1. The lowest BCUT2D eigenvalue weighted by Gasteiger charge is -2.18. The number of esters is 2. The molecule has 1 aromatic heterocycles. The highest BCUT2D eigenvalue weighted by atomic mass is 32.1. The van der Waals surface area contributed by atoms with Gasteiger partial charge < -0.3 is 14.8 Å². The van der Waals surface area contributed by atoms with Crippen LogP contribution in [0.2, 0.25) is 0 Å². The van der Waals surface area contributed by atoms with Gasteiger partial charge in [-0.05, 0) is 49.1 Å². The number of carbonyl (C=O) groups is 3. The molecule has 1 amide bonds. The quantitative estimate of drug-likeness (QED) is 0.735. The fourth-order valence-electron chi connectivity index (χ4n) is 3.07. The summed E-state index contributed by atoms with van der Waals surface area (Å²) in [6.45, 7) is 5.68. The van der Waals surface area contributed by atoms with E-state index in [1.807, 2.05) is 19.9 Å². The normalized spacial score (nSPS) is 17.3. The molecule has 7 heteroatoms. The summed E-state index contributed by atoms with van der Waals surface area (Å²) < 4.78 is 9.83. The van der Waals surface area contributed by atoms with E-state index < -0.39 is 30.5 Å². The topological polar surface area (TPSA) is 81.7 Å². The maximum atomic E-state index is 12.2. The summed E-state index contributed by atoms with van der Waals surface area (Å²) in [7, 11) is 1.28. The molecule has 2 rings (SSSR count). The van der Waals surface area contributed by atoms with E-state index in [0.717, 1.165) is 19.3 Å². The second-order valence-electron chi connectivity index (χ2n) is 7.26. The molecule has 2 atom stereocenters. The van der Waals surface area contributed by atoms with E-state index in [1.165, 1.54) is 28.9 Å². The molecule has 0 bridgehead atoms. The van der Waals surface area contributed by atoms with E-state index in [9.17, 15) is 14.4 Å². The Labute approximate surface area is 158 Å². The number of ether oxygens (including phenoxy) is 2. The molecule has 0 saturated heterocycles. The number of carbonyl (C=O) groups excluding carboxylic acids is 3. The molecule has 26 heavy (non-hydrogen) atoms. The van der Waals surface area contributed by atoms with Gasteiger partial charge in [0.1, 0.15) is 10.9 Å². The first-order chi connectivity index (χ1) is 12.3. The Morgan fingerprint density at radius 1 is 1.35 bits per heavy atom. The third-order valence-electron chi connectivity index (χ3n) is 4.39. The van der Waals surface area contributed by atoms with Crippen LogP contribution in [0, 0.1) is 11.8 Å². The first-order valence-electron chi connectivity index (χ1n) is 8.96. The van der Waals surface area contributed by atoms with Crippen LogP contribution in [-0.2, 0) is 31.9 Å². The fraction of sp³-hybridized carbons (Fsp3) is 0.632. The van der Waals surface area contributed by atoms with Gasteiger partial charge in [-0.3, -0.25) is 4.79 Å². The fourth-order valence-corrected chi connectivity index (χ4v) is 4.17. The van der Waals surface area contributed by atoms with Gasteiger partial charge in [-0.15, -0.1) is 11.3 Å². The van der Waals surface area contributed by atoms with E-state index in [2.05, 4.69) is 12.2 Å². The summed E-state index contributed by atoms with van der Waals surface area (Å²) in [4.78, 5) is 37.8. The lowest BCUT2D eigenvalue weighted by molar-refractivity contribution is -0.145. The van der Waals surface area contributed by atoms with Crippen molar-refractivity contribution < 1.29 is 23.9 Å². The Morgan fingerprint density at radius 3 is 2.73 bits per heavy atom. The molecule has 0 unspecified atom stereocenters. The SMILES string of the molecule is COC(=O)[C@@H](CC(C)C)NC(=O)COC(=O)c1cc2c(s1)CC[C@H](C)C2. The van der Waals surface area contributed by atoms with Crippen LogP contribution in [0.3, 0.4) is 0 Å². The number of rotatable bonds is 7. The zero-order valence-electron chi connectivity index (χ0n) is 15.8. The Morgan fingerprint density at radius 2 is 2.08 bits per heavy atom. The van der Waals surface area contributed by atoms with Crippen molar-refractivity contribution in [1.82, 2.24) is 5.32 Å². The van der Waals surface area contributed by atoms with E-state index in [1.54, 1.807) is 0 Å². The second-order valence-corrected chi connectivity index (χ2v) is 8.39. The van der Waals surface area contributed by atoms with Crippen molar-refractivity contribution in [2.45, 2.75) is 52.5 Å². The molecular weight excluding hydrogens is 354 g/mol. The molecule has 1 aromatic rings. The molecule has 0 aliphatic heterocycles. The second kappa shape index (κ2) is 9.16. The third-order valence-corrected chi connectivity index (χ3v) is 5.61. The number of nitrogens with one attached hydrogen (secondary N) is 1. The van der Waals surface area contributed by atoms with Crippen molar-refractivity contribution in [3.05, 3.63) is 21.4 Å². The van der Waals surface area contributed by atoms with E-state index in [4.69, 9.17) is 9.47 Å². The maximum absolute atomic E-state index is 12.2. The average molecular weight is 381 g/mol. The Kier molecular flexibility index (Phi) is 7.20. The van der Waals surface area contributed by atoms with Gasteiger partial charge in [0, 0.05) is 4.88 Å². The minimum atomic E-state index is -0.734. The summed E-state index contributed by atoms with van der Waals surface area (Å²) in [6, 6.07) is 1.15. The molecule has 6 nitrogen and oxygen atoms in total. The Balaban J connectivity index is 1.88. The predicted molar refractivity (Wildman–Crippen MR) is 99.2 cm³/mol. The van der Waals surface area contributed by atoms with Gasteiger partial charge in [-0.1, -0.05) is 20.8 Å². The summed E-state index contributed by atoms with van der Waals surface area (Å²) in [6.07, 6.45) is 3.57. The summed E-state index contributed by atoms with van der Waals surface area (Å²) in [5, 5.41) is 2.57. The number of fused-ring (bicyclic) bond motifs is 1. The van der Waals surface area contributed by atoms with Crippen LogP contribution in [-0.4, -0.2) is 37.6 Å². The number of methoxy groups -OCH3 is 1. The number of amides is 1. The van der Waals surface area contributed by atoms with Gasteiger partial charge in [0.25, 0.3) is 5.91 Å².